The summed E-state index contributed by atoms with van der Waals surface area (Å²) in [5.41, 5.74) is 0. The lowest BCUT2D eigenvalue weighted by molar-refractivity contribution is -0.140. The highest BCUT2D eigenvalue weighted by atomic mass is 16.5. The van der Waals surface area contributed by atoms with Crippen molar-refractivity contribution in [3.05, 3.63) is 0 Å². The summed E-state index contributed by atoms with van der Waals surface area (Å²) < 4.78 is 5.47. The van der Waals surface area contributed by atoms with Gasteiger partial charge in [-0.3, -0.25) is 9.59 Å². The molecule has 0 aromatic carbocycles. The molecule has 0 bridgehead atoms. The van der Waals surface area contributed by atoms with Crippen LogP contribution in [-0.2, 0) is 14.3 Å². The predicted molar refractivity (Wildman–Crippen MR) is 79.8 cm³/mol. The van der Waals surface area contributed by atoms with Gasteiger partial charge in [-0.1, -0.05) is 0 Å². The van der Waals surface area contributed by atoms with Gasteiger partial charge in [-0.2, -0.15) is 0 Å². The number of carbonyl (C=O) groups excluding carboxylic acids is 2. The molecule has 4 atom stereocenters. The summed E-state index contributed by atoms with van der Waals surface area (Å²) in [6.45, 7) is 7.77. The summed E-state index contributed by atoms with van der Waals surface area (Å²) >= 11 is 0. The molecular formula is C15H27N3O3. The third kappa shape index (κ3) is 3.95. The molecule has 120 valence electrons. The Bertz CT molecular complexity index is 388. The van der Waals surface area contributed by atoms with Crippen molar-refractivity contribution < 1.29 is 14.3 Å². The van der Waals surface area contributed by atoms with Crippen molar-refractivity contribution in [3.8, 4) is 0 Å². The fourth-order valence-electron chi connectivity index (χ4n) is 3.07. The fraction of sp³-hybridized carbons (Fsp3) is 0.867. The smallest absolute Gasteiger partial charge is 0.245 e. The van der Waals surface area contributed by atoms with E-state index in [-0.39, 0.29) is 30.0 Å². The van der Waals surface area contributed by atoms with Gasteiger partial charge >= 0.3 is 0 Å². The van der Waals surface area contributed by atoms with Crippen molar-refractivity contribution in [2.45, 2.75) is 64.3 Å². The predicted octanol–water partition coefficient (Wildman–Crippen LogP) is 0.269. The summed E-state index contributed by atoms with van der Waals surface area (Å²) in [4.78, 5) is 26.6. The quantitative estimate of drug-likeness (QED) is 0.784. The van der Waals surface area contributed by atoms with Gasteiger partial charge in [0.1, 0.15) is 12.1 Å². The minimum absolute atomic E-state index is 0.0138. The number of ether oxygens (including phenoxy) is 1. The molecule has 2 aliphatic rings. The van der Waals surface area contributed by atoms with Crippen molar-refractivity contribution in [2.75, 3.05) is 19.7 Å². The largest absolute Gasteiger partial charge is 0.375 e. The highest BCUT2D eigenvalue weighted by Crippen LogP contribution is 2.17. The first-order valence-corrected chi connectivity index (χ1v) is 7.96. The van der Waals surface area contributed by atoms with E-state index in [1.807, 2.05) is 11.8 Å². The number of likely N-dealkylation sites (tertiary alicyclic amines) is 1. The molecule has 2 fully saturated rings. The zero-order valence-corrected chi connectivity index (χ0v) is 13.2. The topological polar surface area (TPSA) is 70.7 Å². The van der Waals surface area contributed by atoms with Crippen molar-refractivity contribution >= 4 is 11.8 Å². The third-order valence-electron chi connectivity index (χ3n) is 4.41. The number of rotatable bonds is 3. The van der Waals surface area contributed by atoms with Crippen LogP contribution in [0.2, 0.25) is 0 Å². The summed E-state index contributed by atoms with van der Waals surface area (Å²) in [5, 5.41) is 5.96. The Labute approximate surface area is 126 Å². The molecule has 2 heterocycles. The Morgan fingerprint density at radius 3 is 2.76 bits per heavy atom. The van der Waals surface area contributed by atoms with Gasteiger partial charge in [-0.15, -0.1) is 0 Å². The van der Waals surface area contributed by atoms with E-state index in [9.17, 15) is 9.59 Å². The van der Waals surface area contributed by atoms with Gasteiger partial charge in [0.2, 0.25) is 11.8 Å². The molecule has 2 unspecified atom stereocenters. The number of nitrogens with zero attached hydrogens (tertiary/aromatic N) is 1. The van der Waals surface area contributed by atoms with E-state index in [0.29, 0.717) is 13.2 Å². The van der Waals surface area contributed by atoms with Crippen LogP contribution >= 0.6 is 0 Å². The second kappa shape index (κ2) is 7.22. The van der Waals surface area contributed by atoms with Gasteiger partial charge < -0.3 is 20.3 Å². The Morgan fingerprint density at radius 1 is 1.33 bits per heavy atom. The second-order valence-corrected chi connectivity index (χ2v) is 6.11. The number of nitrogens with one attached hydrogen (secondary N) is 2. The minimum atomic E-state index is -0.492. The Balaban J connectivity index is 1.89. The Hall–Kier alpha value is -1.14. The van der Waals surface area contributed by atoms with Crippen molar-refractivity contribution in [2.24, 2.45) is 0 Å². The average Bonchev–Trinajstić information content (AvgIpc) is 2.47. The molecular weight excluding hydrogens is 270 g/mol. The third-order valence-corrected chi connectivity index (χ3v) is 4.41. The van der Waals surface area contributed by atoms with E-state index in [1.54, 1.807) is 6.92 Å². The first kappa shape index (κ1) is 16.2. The molecule has 0 radical (unpaired) electrons. The fourth-order valence-corrected chi connectivity index (χ4v) is 3.07. The molecule has 2 saturated heterocycles. The highest BCUT2D eigenvalue weighted by Gasteiger charge is 2.32. The van der Waals surface area contributed by atoms with Crippen molar-refractivity contribution in [1.29, 1.82) is 0 Å². The molecule has 0 aromatic heterocycles. The SMILES string of the molecule is CC(NC(=O)[C@H]1NCCO[C@@H]1C)C(=O)N1CCCCC1C. The summed E-state index contributed by atoms with van der Waals surface area (Å²) in [6.07, 6.45) is 3.09. The van der Waals surface area contributed by atoms with Crippen LogP contribution in [0.4, 0.5) is 0 Å². The Kier molecular flexibility index (Phi) is 5.58. The number of morpholine rings is 1. The lowest BCUT2D eigenvalue weighted by Gasteiger charge is -2.36. The maximum atomic E-state index is 12.5. The summed E-state index contributed by atoms with van der Waals surface area (Å²) in [6, 6.07) is -0.609. The van der Waals surface area contributed by atoms with E-state index in [4.69, 9.17) is 4.74 Å². The molecule has 2 N–H and O–H groups in total. The van der Waals surface area contributed by atoms with E-state index in [2.05, 4.69) is 17.6 Å². The maximum absolute atomic E-state index is 12.5. The maximum Gasteiger partial charge on any atom is 0.245 e. The number of piperidine rings is 1. The zero-order chi connectivity index (χ0) is 15.4. The summed E-state index contributed by atoms with van der Waals surface area (Å²) in [7, 11) is 0. The van der Waals surface area contributed by atoms with Gasteiger partial charge in [0.25, 0.3) is 0 Å². The van der Waals surface area contributed by atoms with Crippen LogP contribution < -0.4 is 10.6 Å². The van der Waals surface area contributed by atoms with E-state index in [0.717, 1.165) is 19.4 Å². The molecule has 0 saturated carbocycles. The van der Waals surface area contributed by atoms with E-state index < -0.39 is 6.04 Å². The second-order valence-electron chi connectivity index (χ2n) is 6.11. The van der Waals surface area contributed by atoms with Crippen LogP contribution in [0.5, 0.6) is 0 Å². The normalized spacial score (nSPS) is 31.6. The number of hydrogen-bond donors (Lipinski definition) is 2. The molecule has 2 aliphatic heterocycles. The van der Waals surface area contributed by atoms with Gasteiger partial charge in [-0.05, 0) is 40.0 Å². The number of carbonyl (C=O) groups is 2. The van der Waals surface area contributed by atoms with Gasteiger partial charge in [0.05, 0.1) is 12.7 Å². The highest BCUT2D eigenvalue weighted by molar-refractivity contribution is 5.90. The lowest BCUT2D eigenvalue weighted by Crippen LogP contribution is -2.59. The van der Waals surface area contributed by atoms with Crippen LogP contribution in [0.3, 0.4) is 0 Å². The van der Waals surface area contributed by atoms with E-state index in [1.165, 1.54) is 6.42 Å². The van der Waals surface area contributed by atoms with Crippen molar-refractivity contribution in [3.63, 3.8) is 0 Å². The first-order valence-electron chi connectivity index (χ1n) is 7.96. The summed E-state index contributed by atoms with van der Waals surface area (Å²) in [5.74, 6) is -0.146. The molecule has 0 aliphatic carbocycles. The van der Waals surface area contributed by atoms with Crippen molar-refractivity contribution in [1.82, 2.24) is 15.5 Å². The minimum Gasteiger partial charge on any atom is -0.375 e. The van der Waals surface area contributed by atoms with Crippen LogP contribution in [-0.4, -0.2) is 60.6 Å². The molecule has 21 heavy (non-hydrogen) atoms. The average molecular weight is 297 g/mol. The molecule has 2 rings (SSSR count). The molecule has 6 heteroatoms. The van der Waals surface area contributed by atoms with E-state index >= 15 is 0 Å². The molecule has 0 spiro atoms. The number of amides is 2. The lowest BCUT2D eigenvalue weighted by atomic mass is 10.0. The number of hydrogen-bond acceptors (Lipinski definition) is 4. The molecule has 6 nitrogen and oxygen atoms in total. The van der Waals surface area contributed by atoms with Crippen LogP contribution in [0.15, 0.2) is 0 Å². The van der Waals surface area contributed by atoms with Crippen LogP contribution in [0.1, 0.15) is 40.0 Å². The van der Waals surface area contributed by atoms with Gasteiger partial charge in [0, 0.05) is 19.1 Å². The zero-order valence-electron chi connectivity index (χ0n) is 13.2. The molecule has 0 aromatic rings. The van der Waals surface area contributed by atoms with Crippen LogP contribution in [0.25, 0.3) is 0 Å². The van der Waals surface area contributed by atoms with Gasteiger partial charge in [0.15, 0.2) is 0 Å². The first-order chi connectivity index (χ1) is 10.0. The Morgan fingerprint density at radius 2 is 2.10 bits per heavy atom. The van der Waals surface area contributed by atoms with Gasteiger partial charge in [-0.25, -0.2) is 0 Å². The molecule has 2 amide bonds. The monoisotopic (exact) mass is 297 g/mol. The van der Waals surface area contributed by atoms with Crippen LogP contribution in [0, 0.1) is 0 Å². The standard InChI is InChI=1S/C15H27N3O3/c1-10-6-4-5-8-18(10)15(20)11(2)17-14(19)13-12(3)21-9-7-16-13/h10-13,16H,4-9H2,1-3H3,(H,17,19)/t10?,11?,12-,13+/m1/s1.